The molecule has 0 atom stereocenters. The molecule has 6 heteroatoms. The van der Waals surface area contributed by atoms with E-state index in [0.29, 0.717) is 17.5 Å². The average molecular weight is 276 g/mol. The van der Waals surface area contributed by atoms with Gasteiger partial charge in [-0.3, -0.25) is 24.1 Å². The fourth-order valence-corrected chi connectivity index (χ4v) is 2.09. The Morgan fingerprint density at radius 3 is 2.25 bits per heavy atom. The lowest BCUT2D eigenvalue weighted by Gasteiger charge is -2.16. The van der Waals surface area contributed by atoms with E-state index in [2.05, 4.69) is 0 Å². The van der Waals surface area contributed by atoms with Gasteiger partial charge < -0.3 is 0 Å². The summed E-state index contributed by atoms with van der Waals surface area (Å²) in [5, 5.41) is 1.13. The van der Waals surface area contributed by atoms with E-state index >= 15 is 0 Å². The number of rotatable bonds is 5. The fourth-order valence-electron chi connectivity index (χ4n) is 2.09. The van der Waals surface area contributed by atoms with Crippen molar-refractivity contribution in [2.45, 2.75) is 12.8 Å². The molecule has 3 amide bonds. The third-order valence-electron chi connectivity index (χ3n) is 3.28. The molecule has 1 aliphatic rings. The van der Waals surface area contributed by atoms with Crippen LogP contribution in [0.3, 0.4) is 0 Å². The molecule has 0 bridgehead atoms. The van der Waals surface area contributed by atoms with Crippen LogP contribution in [0.5, 0.6) is 0 Å². The van der Waals surface area contributed by atoms with Gasteiger partial charge in [-0.2, -0.15) is 0 Å². The number of amides is 3. The highest BCUT2D eigenvalue weighted by atomic mass is 16.7. The second kappa shape index (κ2) is 5.83. The maximum Gasteiger partial charge on any atom is 0.261 e. The van der Waals surface area contributed by atoms with E-state index in [1.165, 1.54) is 19.1 Å². The van der Waals surface area contributed by atoms with E-state index in [1.807, 2.05) is 0 Å². The zero-order valence-corrected chi connectivity index (χ0v) is 11.5. The highest BCUT2D eigenvalue weighted by Crippen LogP contribution is 2.22. The quantitative estimate of drug-likeness (QED) is 0.596. The molecular formula is C14H16N2O4. The van der Waals surface area contributed by atoms with Crippen LogP contribution in [0.25, 0.3) is 0 Å². The van der Waals surface area contributed by atoms with Crippen molar-refractivity contribution in [2.75, 3.05) is 20.7 Å². The van der Waals surface area contributed by atoms with Crippen LogP contribution >= 0.6 is 0 Å². The van der Waals surface area contributed by atoms with Crippen LogP contribution in [-0.2, 0) is 9.63 Å². The van der Waals surface area contributed by atoms with Gasteiger partial charge in [-0.1, -0.05) is 12.1 Å². The first-order chi connectivity index (χ1) is 9.56. The number of hydrogen-bond acceptors (Lipinski definition) is 4. The van der Waals surface area contributed by atoms with Gasteiger partial charge in [0.1, 0.15) is 0 Å². The van der Waals surface area contributed by atoms with Gasteiger partial charge in [-0.15, -0.1) is 0 Å². The molecular weight excluding hydrogens is 260 g/mol. The number of fused-ring (bicyclic) bond motifs is 1. The number of imide groups is 1. The Morgan fingerprint density at radius 2 is 1.75 bits per heavy atom. The van der Waals surface area contributed by atoms with E-state index in [9.17, 15) is 14.4 Å². The highest BCUT2D eigenvalue weighted by molar-refractivity contribution is 6.21. The molecule has 0 aliphatic carbocycles. The number of benzene rings is 1. The third kappa shape index (κ3) is 2.55. The molecule has 0 aromatic heterocycles. The molecule has 1 heterocycles. The van der Waals surface area contributed by atoms with Crippen molar-refractivity contribution in [1.82, 2.24) is 9.96 Å². The van der Waals surface area contributed by atoms with Crippen LogP contribution in [0.4, 0.5) is 0 Å². The zero-order chi connectivity index (χ0) is 14.7. The minimum Gasteiger partial charge on any atom is -0.275 e. The maximum atomic E-state index is 12.1. The van der Waals surface area contributed by atoms with Crippen LogP contribution < -0.4 is 0 Å². The Hall–Kier alpha value is -2.21. The number of nitrogens with zero attached hydrogens (tertiary/aromatic N) is 2. The first-order valence-electron chi connectivity index (χ1n) is 6.32. The maximum absolute atomic E-state index is 12.1. The third-order valence-corrected chi connectivity index (χ3v) is 3.28. The van der Waals surface area contributed by atoms with Crippen molar-refractivity contribution in [3.8, 4) is 0 Å². The molecule has 0 fully saturated rings. The minimum absolute atomic E-state index is 0.191. The molecule has 1 aromatic rings. The van der Waals surface area contributed by atoms with Gasteiger partial charge in [-0.25, -0.2) is 5.06 Å². The van der Waals surface area contributed by atoms with Crippen LogP contribution in [0.2, 0.25) is 0 Å². The van der Waals surface area contributed by atoms with Crippen molar-refractivity contribution in [2.24, 2.45) is 0 Å². The summed E-state index contributed by atoms with van der Waals surface area (Å²) in [5.41, 5.74) is 0.857. The summed E-state index contributed by atoms with van der Waals surface area (Å²) in [5.74, 6) is -0.777. The van der Waals surface area contributed by atoms with E-state index in [1.54, 1.807) is 24.3 Å². The van der Waals surface area contributed by atoms with Crippen molar-refractivity contribution in [3.63, 3.8) is 0 Å². The predicted octanol–water partition coefficient (Wildman–Crippen LogP) is 1.08. The zero-order valence-electron chi connectivity index (χ0n) is 11.5. The molecule has 0 unspecified atom stereocenters. The van der Waals surface area contributed by atoms with Crippen LogP contribution in [-0.4, -0.2) is 48.4 Å². The van der Waals surface area contributed by atoms with Gasteiger partial charge in [0.25, 0.3) is 11.8 Å². The first-order valence-corrected chi connectivity index (χ1v) is 6.32. The van der Waals surface area contributed by atoms with Gasteiger partial charge >= 0.3 is 0 Å². The molecule has 0 spiro atoms. The van der Waals surface area contributed by atoms with Gasteiger partial charge in [0, 0.05) is 20.0 Å². The van der Waals surface area contributed by atoms with Crippen LogP contribution in [0, 0.1) is 0 Å². The molecule has 0 saturated heterocycles. The molecule has 106 valence electrons. The molecule has 0 N–H and O–H groups in total. The summed E-state index contributed by atoms with van der Waals surface area (Å²) < 4.78 is 0. The Kier molecular flexibility index (Phi) is 4.14. The van der Waals surface area contributed by atoms with Crippen molar-refractivity contribution >= 4 is 17.7 Å². The van der Waals surface area contributed by atoms with Crippen LogP contribution in [0.15, 0.2) is 24.3 Å². The molecule has 0 saturated carbocycles. The summed E-state index contributed by atoms with van der Waals surface area (Å²) in [6.45, 7) is 0.232. The first kappa shape index (κ1) is 14.2. The van der Waals surface area contributed by atoms with E-state index in [-0.39, 0.29) is 30.7 Å². The van der Waals surface area contributed by atoms with E-state index in [0.717, 1.165) is 5.06 Å². The summed E-state index contributed by atoms with van der Waals surface area (Å²) >= 11 is 0. The second-order valence-electron chi connectivity index (χ2n) is 4.48. The largest absolute Gasteiger partial charge is 0.275 e. The summed E-state index contributed by atoms with van der Waals surface area (Å²) in [6, 6.07) is 6.73. The Morgan fingerprint density at radius 1 is 1.20 bits per heavy atom. The standard InChI is InChI=1S/C14H16N2O4/c1-15(20-2)12(17)8-5-9-16-13(18)10-6-3-4-7-11(10)14(16)19/h3-4,6-7H,5,8-9H2,1-2H3. The summed E-state index contributed by atoms with van der Waals surface area (Å²) in [7, 11) is 2.92. The molecule has 1 aromatic carbocycles. The Labute approximate surface area is 116 Å². The lowest BCUT2D eigenvalue weighted by atomic mass is 10.1. The van der Waals surface area contributed by atoms with Gasteiger partial charge in [0.05, 0.1) is 18.2 Å². The second-order valence-corrected chi connectivity index (χ2v) is 4.48. The SMILES string of the molecule is CON(C)C(=O)CCCN1C(=O)c2ccccc2C1=O. The Balaban J connectivity index is 1.95. The van der Waals surface area contributed by atoms with Crippen molar-refractivity contribution in [1.29, 1.82) is 0 Å². The van der Waals surface area contributed by atoms with Crippen molar-refractivity contribution in [3.05, 3.63) is 35.4 Å². The van der Waals surface area contributed by atoms with Gasteiger partial charge in [0.15, 0.2) is 0 Å². The van der Waals surface area contributed by atoms with Gasteiger partial charge in [0.2, 0.25) is 5.91 Å². The Bertz CT molecular complexity index is 521. The number of carbonyl (C=O) groups is 3. The molecule has 1 aliphatic heterocycles. The minimum atomic E-state index is -0.293. The van der Waals surface area contributed by atoms with Crippen LogP contribution in [0.1, 0.15) is 33.6 Å². The lowest BCUT2D eigenvalue weighted by Crippen LogP contribution is -2.32. The molecule has 0 radical (unpaired) electrons. The molecule has 2 rings (SSSR count). The van der Waals surface area contributed by atoms with E-state index in [4.69, 9.17) is 4.84 Å². The average Bonchev–Trinajstić information content (AvgIpc) is 2.71. The molecule has 20 heavy (non-hydrogen) atoms. The normalized spacial score (nSPS) is 13.6. The number of carbonyl (C=O) groups excluding carboxylic acids is 3. The fraction of sp³-hybridized carbons (Fsp3) is 0.357. The van der Waals surface area contributed by atoms with E-state index < -0.39 is 0 Å². The number of hydrogen-bond donors (Lipinski definition) is 0. The van der Waals surface area contributed by atoms with Gasteiger partial charge in [-0.05, 0) is 18.6 Å². The number of hydroxylamine groups is 2. The monoisotopic (exact) mass is 276 g/mol. The highest BCUT2D eigenvalue weighted by Gasteiger charge is 2.34. The molecule has 6 nitrogen and oxygen atoms in total. The summed E-state index contributed by atoms with van der Waals surface area (Å²) in [6.07, 6.45) is 0.635. The summed E-state index contributed by atoms with van der Waals surface area (Å²) in [4.78, 5) is 41.6. The van der Waals surface area contributed by atoms with Crippen molar-refractivity contribution < 1.29 is 19.2 Å². The topological polar surface area (TPSA) is 66.9 Å². The lowest BCUT2D eigenvalue weighted by molar-refractivity contribution is -0.168. The predicted molar refractivity (Wildman–Crippen MR) is 70.8 cm³/mol. The smallest absolute Gasteiger partial charge is 0.261 e.